The summed E-state index contributed by atoms with van der Waals surface area (Å²) in [5.74, 6) is -1.25. The van der Waals surface area contributed by atoms with Crippen LogP contribution >= 0.6 is 0 Å². The molecule has 0 aromatic rings. The third-order valence-corrected chi connectivity index (χ3v) is 8.75. The molecule has 0 bridgehead atoms. The second-order valence-electron chi connectivity index (χ2n) is 9.31. The van der Waals surface area contributed by atoms with Gasteiger partial charge in [-0.05, 0) is 0 Å². The minimum atomic E-state index is -3.72. The van der Waals surface area contributed by atoms with E-state index in [1.165, 1.54) is 57.8 Å². The molecule has 0 aromatic heterocycles. The van der Waals surface area contributed by atoms with Crippen molar-refractivity contribution in [3.05, 3.63) is 0 Å². The Morgan fingerprint density at radius 2 is 0.647 bits per heavy atom. The first-order chi connectivity index (χ1) is 16.5. The van der Waals surface area contributed by atoms with Crippen LogP contribution in [0.4, 0.5) is 0 Å². The van der Waals surface area contributed by atoms with E-state index in [2.05, 4.69) is 20.8 Å². The predicted octanol–water partition coefficient (Wildman–Crippen LogP) is 7.85. The molecule has 0 heterocycles. The first kappa shape index (κ1) is 33.0. The quantitative estimate of drug-likeness (QED) is 0.0915. The summed E-state index contributed by atoms with van der Waals surface area (Å²) in [6.45, 7) is 6.52. The molecule has 6 nitrogen and oxygen atoms in total. The molecule has 0 amide bonds. The molecule has 0 saturated carbocycles. The van der Waals surface area contributed by atoms with Gasteiger partial charge < -0.3 is 0 Å². The Morgan fingerprint density at radius 1 is 0.412 bits per heavy atom. The second kappa shape index (κ2) is 25.1. The fourth-order valence-corrected chi connectivity index (χ4v) is 6.12. The Balaban J connectivity index is 4.42. The van der Waals surface area contributed by atoms with Gasteiger partial charge in [0.1, 0.15) is 0 Å². The van der Waals surface area contributed by atoms with Crippen molar-refractivity contribution in [1.29, 1.82) is 0 Å². The molecule has 0 N–H and O–H groups in total. The van der Waals surface area contributed by atoms with Crippen LogP contribution in [0.2, 0.25) is 0 Å². The number of carbonyl (C=O) groups excluding carboxylic acids is 3. The average Bonchev–Trinajstić information content (AvgIpc) is 2.80. The van der Waals surface area contributed by atoms with Crippen LogP contribution in [0.15, 0.2) is 0 Å². The summed E-state index contributed by atoms with van der Waals surface area (Å²) in [4.78, 5) is 36.8. The standard InChI is InChI=1S/3C9H18O2.Ga/c3*1-2-3-4-5-6-7-8-9(10)11;/h3*2-8H2,1H3,(H,10,11);/q;;;+3/p-3. The second-order valence-corrected chi connectivity index (χ2v) is 12.0. The summed E-state index contributed by atoms with van der Waals surface area (Å²) in [6.07, 6.45) is 20.0. The van der Waals surface area contributed by atoms with E-state index in [1.54, 1.807) is 0 Å². The Kier molecular flexibility index (Phi) is 24.4. The average molecular weight is 541 g/mol. The zero-order valence-electron chi connectivity index (χ0n) is 22.4. The number of unbranched alkanes of at least 4 members (excludes halogenated alkanes) is 15. The summed E-state index contributed by atoms with van der Waals surface area (Å²) < 4.78 is 16.2. The van der Waals surface area contributed by atoms with Crippen LogP contribution in [0.1, 0.15) is 156 Å². The van der Waals surface area contributed by atoms with E-state index in [4.69, 9.17) is 10.6 Å². The van der Waals surface area contributed by atoms with Crippen LogP contribution in [0.5, 0.6) is 0 Å². The maximum absolute atomic E-state index is 12.3. The molecule has 0 spiro atoms. The molecule has 34 heavy (non-hydrogen) atoms. The van der Waals surface area contributed by atoms with Gasteiger partial charge in [0.25, 0.3) is 0 Å². The van der Waals surface area contributed by atoms with Gasteiger partial charge >= 0.3 is 216 Å². The molecule has 0 rings (SSSR count). The van der Waals surface area contributed by atoms with Gasteiger partial charge in [0.05, 0.1) is 0 Å². The van der Waals surface area contributed by atoms with Crippen molar-refractivity contribution in [2.24, 2.45) is 0 Å². The Labute approximate surface area is 215 Å². The first-order valence-corrected chi connectivity index (χ1v) is 17.1. The predicted molar refractivity (Wildman–Crippen MR) is 138 cm³/mol. The van der Waals surface area contributed by atoms with Crippen molar-refractivity contribution in [2.75, 3.05) is 0 Å². The van der Waals surface area contributed by atoms with E-state index < -0.39 is 35.2 Å². The number of rotatable bonds is 24. The molecule has 0 atom stereocenters. The van der Waals surface area contributed by atoms with Crippen LogP contribution < -0.4 is 0 Å². The van der Waals surface area contributed by atoms with Crippen LogP contribution in [-0.2, 0) is 25.0 Å². The van der Waals surface area contributed by atoms with Crippen molar-refractivity contribution >= 4 is 35.2 Å². The van der Waals surface area contributed by atoms with Crippen molar-refractivity contribution in [3.63, 3.8) is 0 Å². The Bertz CT molecular complexity index is 440. The minimum absolute atomic E-state index is 0.276. The molecular formula is C27H51GaO6. The van der Waals surface area contributed by atoms with Crippen LogP contribution in [0.3, 0.4) is 0 Å². The fourth-order valence-electron chi connectivity index (χ4n) is 3.72. The summed E-state index contributed by atoms with van der Waals surface area (Å²) in [7, 11) is 0. The first-order valence-electron chi connectivity index (χ1n) is 14.1. The number of carbonyl (C=O) groups is 3. The van der Waals surface area contributed by atoms with Gasteiger partial charge in [-0.2, -0.15) is 0 Å². The van der Waals surface area contributed by atoms with E-state index in [0.29, 0.717) is 0 Å². The third-order valence-electron chi connectivity index (χ3n) is 5.89. The van der Waals surface area contributed by atoms with Crippen LogP contribution in [0.25, 0.3) is 0 Å². The normalized spacial score (nSPS) is 10.7. The van der Waals surface area contributed by atoms with Gasteiger partial charge in [0.15, 0.2) is 0 Å². The van der Waals surface area contributed by atoms with Crippen molar-refractivity contribution < 1.29 is 25.0 Å². The molecule has 0 unspecified atom stereocenters. The molecule has 0 saturated heterocycles. The van der Waals surface area contributed by atoms with E-state index in [1.807, 2.05) is 0 Å². The summed E-state index contributed by atoms with van der Waals surface area (Å²) in [5.41, 5.74) is 0. The fraction of sp³-hybridized carbons (Fsp3) is 0.889. The zero-order chi connectivity index (χ0) is 25.3. The molecule has 198 valence electrons. The molecule has 7 heteroatoms. The van der Waals surface area contributed by atoms with E-state index in [0.717, 1.165) is 57.8 Å². The van der Waals surface area contributed by atoms with Crippen LogP contribution in [-0.4, -0.2) is 35.2 Å². The molecule has 0 aliphatic heterocycles. The van der Waals surface area contributed by atoms with Gasteiger partial charge in [-0.3, -0.25) is 0 Å². The van der Waals surface area contributed by atoms with Crippen molar-refractivity contribution in [1.82, 2.24) is 0 Å². The molecule has 0 radical (unpaired) electrons. The van der Waals surface area contributed by atoms with E-state index >= 15 is 0 Å². The SMILES string of the molecule is CCCCCCCCC(=O)[O][Ga]([O]C(=O)CCCCCCCC)[O]C(=O)CCCCCCCC. The summed E-state index contributed by atoms with van der Waals surface area (Å²) in [5, 5.41) is 0. The summed E-state index contributed by atoms with van der Waals surface area (Å²) in [6, 6.07) is 0. The van der Waals surface area contributed by atoms with Crippen molar-refractivity contribution in [3.8, 4) is 0 Å². The van der Waals surface area contributed by atoms with Gasteiger partial charge in [0.2, 0.25) is 0 Å². The van der Waals surface area contributed by atoms with E-state index in [-0.39, 0.29) is 19.3 Å². The molecular weight excluding hydrogens is 490 g/mol. The Morgan fingerprint density at radius 3 is 0.912 bits per heavy atom. The number of hydrogen-bond donors (Lipinski definition) is 0. The third kappa shape index (κ3) is 22.8. The van der Waals surface area contributed by atoms with Gasteiger partial charge in [-0.25, -0.2) is 0 Å². The summed E-state index contributed by atoms with van der Waals surface area (Å²) >= 11 is -3.72. The Hall–Kier alpha value is -0.954. The van der Waals surface area contributed by atoms with Crippen LogP contribution in [0, 0.1) is 0 Å². The van der Waals surface area contributed by atoms with Crippen molar-refractivity contribution in [2.45, 2.75) is 156 Å². The van der Waals surface area contributed by atoms with Gasteiger partial charge in [0, 0.05) is 0 Å². The van der Waals surface area contributed by atoms with Gasteiger partial charge in [-0.1, -0.05) is 0 Å². The molecule has 0 aliphatic rings. The molecule has 0 aromatic carbocycles. The molecule has 0 fully saturated rings. The molecule has 0 aliphatic carbocycles. The maximum atomic E-state index is 12.3. The monoisotopic (exact) mass is 540 g/mol. The zero-order valence-corrected chi connectivity index (χ0v) is 24.8. The topological polar surface area (TPSA) is 78.9 Å². The van der Waals surface area contributed by atoms with Gasteiger partial charge in [-0.15, -0.1) is 0 Å². The van der Waals surface area contributed by atoms with E-state index in [9.17, 15) is 14.4 Å². The number of hydrogen-bond acceptors (Lipinski definition) is 6.